The lowest BCUT2D eigenvalue weighted by Crippen LogP contribution is -2.50. The molecule has 132 valence electrons. The van der Waals surface area contributed by atoms with Gasteiger partial charge in [0.1, 0.15) is 11.5 Å². The molecule has 1 aliphatic rings. The number of benzene rings is 2. The van der Waals surface area contributed by atoms with E-state index < -0.39 is 0 Å². The van der Waals surface area contributed by atoms with Gasteiger partial charge in [-0.05, 0) is 38.1 Å². The summed E-state index contributed by atoms with van der Waals surface area (Å²) >= 11 is 0. The number of rotatable bonds is 5. The monoisotopic (exact) mass is 340 g/mol. The van der Waals surface area contributed by atoms with E-state index in [4.69, 9.17) is 9.47 Å². The van der Waals surface area contributed by atoms with Gasteiger partial charge in [0.15, 0.2) is 0 Å². The van der Waals surface area contributed by atoms with Crippen LogP contribution < -0.4 is 10.1 Å². The molecule has 2 atom stereocenters. The predicted molar refractivity (Wildman–Crippen MR) is 98.0 cm³/mol. The van der Waals surface area contributed by atoms with Crippen LogP contribution >= 0.6 is 0 Å². The van der Waals surface area contributed by atoms with Gasteiger partial charge in [-0.15, -0.1) is 0 Å². The molecular weight excluding hydrogens is 316 g/mol. The Hall–Kier alpha value is -2.37. The largest absolute Gasteiger partial charge is 0.457 e. The number of anilines is 1. The van der Waals surface area contributed by atoms with Gasteiger partial charge in [0.2, 0.25) is 5.91 Å². The van der Waals surface area contributed by atoms with Crippen LogP contribution in [-0.2, 0) is 9.53 Å². The topological polar surface area (TPSA) is 50.8 Å². The van der Waals surface area contributed by atoms with E-state index >= 15 is 0 Å². The first-order chi connectivity index (χ1) is 12.1. The average molecular weight is 340 g/mol. The van der Waals surface area contributed by atoms with E-state index in [-0.39, 0.29) is 18.1 Å². The quantitative estimate of drug-likeness (QED) is 0.905. The highest BCUT2D eigenvalue weighted by Gasteiger charge is 2.25. The van der Waals surface area contributed by atoms with Crippen molar-refractivity contribution in [2.45, 2.75) is 26.0 Å². The minimum atomic E-state index is -0.0298. The van der Waals surface area contributed by atoms with E-state index in [1.54, 1.807) is 0 Å². The van der Waals surface area contributed by atoms with E-state index in [0.717, 1.165) is 18.0 Å². The number of hydrogen-bond donors (Lipinski definition) is 1. The molecule has 0 saturated carbocycles. The number of hydrogen-bond acceptors (Lipinski definition) is 4. The first-order valence-corrected chi connectivity index (χ1v) is 8.58. The molecular formula is C20H24N2O3. The van der Waals surface area contributed by atoms with Crippen molar-refractivity contribution in [2.75, 3.05) is 25.0 Å². The number of carbonyl (C=O) groups excluding carboxylic acids is 1. The lowest BCUT2D eigenvalue weighted by atomic mass is 10.2. The number of nitrogens with zero attached hydrogens (tertiary/aromatic N) is 1. The Morgan fingerprint density at radius 3 is 2.72 bits per heavy atom. The SMILES string of the molecule is CC1CN(CC(=O)Nc2cccc(Oc3ccccc3)c2)C(C)CO1. The van der Waals surface area contributed by atoms with Crippen LogP contribution in [0.15, 0.2) is 54.6 Å². The zero-order chi connectivity index (χ0) is 17.6. The molecule has 2 unspecified atom stereocenters. The normalized spacial score (nSPS) is 20.9. The summed E-state index contributed by atoms with van der Waals surface area (Å²) in [7, 11) is 0. The van der Waals surface area contributed by atoms with Gasteiger partial charge in [0, 0.05) is 24.3 Å². The Labute approximate surface area is 148 Å². The Balaban J connectivity index is 1.59. The molecule has 1 aliphatic heterocycles. The Morgan fingerprint density at radius 2 is 1.92 bits per heavy atom. The lowest BCUT2D eigenvalue weighted by Gasteiger charge is -2.36. The summed E-state index contributed by atoms with van der Waals surface area (Å²) in [5.41, 5.74) is 0.729. The van der Waals surface area contributed by atoms with Crippen molar-refractivity contribution in [1.82, 2.24) is 4.90 Å². The Morgan fingerprint density at radius 1 is 1.16 bits per heavy atom. The molecule has 1 N–H and O–H groups in total. The van der Waals surface area contributed by atoms with E-state index in [9.17, 15) is 4.79 Å². The predicted octanol–water partition coefficient (Wildman–Crippen LogP) is 3.53. The van der Waals surface area contributed by atoms with Crippen molar-refractivity contribution < 1.29 is 14.3 Å². The van der Waals surface area contributed by atoms with Crippen molar-refractivity contribution in [3.8, 4) is 11.5 Å². The van der Waals surface area contributed by atoms with Gasteiger partial charge >= 0.3 is 0 Å². The van der Waals surface area contributed by atoms with Crippen LogP contribution in [0.25, 0.3) is 0 Å². The molecule has 0 bridgehead atoms. The minimum Gasteiger partial charge on any atom is -0.457 e. The fourth-order valence-corrected chi connectivity index (χ4v) is 2.84. The third kappa shape index (κ3) is 5.05. The molecule has 2 aromatic carbocycles. The summed E-state index contributed by atoms with van der Waals surface area (Å²) < 4.78 is 11.4. The molecule has 0 spiro atoms. The van der Waals surface area contributed by atoms with Gasteiger partial charge < -0.3 is 14.8 Å². The number of para-hydroxylation sites is 1. The molecule has 0 aliphatic carbocycles. The second-order valence-corrected chi connectivity index (χ2v) is 6.41. The van der Waals surface area contributed by atoms with E-state index in [0.29, 0.717) is 18.9 Å². The number of nitrogens with one attached hydrogen (secondary N) is 1. The number of carbonyl (C=O) groups is 1. The first kappa shape index (κ1) is 17.5. The summed E-state index contributed by atoms with van der Waals surface area (Å²) in [6, 6.07) is 17.3. The number of amides is 1. The van der Waals surface area contributed by atoms with Gasteiger partial charge in [-0.25, -0.2) is 0 Å². The van der Waals surface area contributed by atoms with Crippen molar-refractivity contribution in [3.63, 3.8) is 0 Å². The van der Waals surface area contributed by atoms with E-state index in [2.05, 4.69) is 17.1 Å². The fourth-order valence-electron chi connectivity index (χ4n) is 2.84. The van der Waals surface area contributed by atoms with Crippen LogP contribution in [0.3, 0.4) is 0 Å². The van der Waals surface area contributed by atoms with Gasteiger partial charge in [0.05, 0.1) is 19.3 Å². The zero-order valence-electron chi connectivity index (χ0n) is 14.6. The summed E-state index contributed by atoms with van der Waals surface area (Å²) in [6.07, 6.45) is 0.159. The molecule has 1 fully saturated rings. The molecule has 5 heteroatoms. The molecule has 2 aromatic rings. The van der Waals surface area contributed by atoms with Gasteiger partial charge in [-0.3, -0.25) is 9.69 Å². The minimum absolute atomic E-state index is 0.0298. The third-order valence-electron chi connectivity index (χ3n) is 4.18. The highest BCUT2D eigenvalue weighted by Crippen LogP contribution is 2.24. The maximum atomic E-state index is 12.4. The Kier molecular flexibility index (Phi) is 5.68. The molecule has 25 heavy (non-hydrogen) atoms. The Bertz CT molecular complexity index is 705. The number of ether oxygens (including phenoxy) is 2. The summed E-state index contributed by atoms with van der Waals surface area (Å²) in [5.74, 6) is 1.43. The van der Waals surface area contributed by atoms with Gasteiger partial charge in [0.25, 0.3) is 0 Å². The summed E-state index contributed by atoms with van der Waals surface area (Å²) in [5, 5.41) is 2.95. The second kappa shape index (κ2) is 8.14. The molecule has 0 aromatic heterocycles. The van der Waals surface area contributed by atoms with E-state index in [1.807, 2.05) is 61.5 Å². The van der Waals surface area contributed by atoms with Crippen LogP contribution in [0.1, 0.15) is 13.8 Å². The molecule has 1 saturated heterocycles. The molecule has 5 nitrogen and oxygen atoms in total. The van der Waals surface area contributed by atoms with Crippen molar-refractivity contribution in [1.29, 1.82) is 0 Å². The fraction of sp³-hybridized carbons (Fsp3) is 0.350. The maximum absolute atomic E-state index is 12.4. The second-order valence-electron chi connectivity index (χ2n) is 6.41. The summed E-state index contributed by atoms with van der Waals surface area (Å²) in [6.45, 7) is 5.90. The van der Waals surface area contributed by atoms with Crippen molar-refractivity contribution in [3.05, 3.63) is 54.6 Å². The van der Waals surface area contributed by atoms with Crippen LogP contribution in [0.4, 0.5) is 5.69 Å². The van der Waals surface area contributed by atoms with Gasteiger partial charge in [-0.1, -0.05) is 24.3 Å². The zero-order valence-corrected chi connectivity index (χ0v) is 14.6. The molecule has 0 radical (unpaired) electrons. The smallest absolute Gasteiger partial charge is 0.238 e. The highest BCUT2D eigenvalue weighted by atomic mass is 16.5. The van der Waals surface area contributed by atoms with Crippen molar-refractivity contribution >= 4 is 11.6 Å². The van der Waals surface area contributed by atoms with Crippen LogP contribution in [-0.4, -0.2) is 42.6 Å². The average Bonchev–Trinajstić information content (AvgIpc) is 2.59. The maximum Gasteiger partial charge on any atom is 0.238 e. The molecule has 3 rings (SSSR count). The highest BCUT2D eigenvalue weighted by molar-refractivity contribution is 5.92. The van der Waals surface area contributed by atoms with Crippen LogP contribution in [0.2, 0.25) is 0 Å². The third-order valence-corrected chi connectivity index (χ3v) is 4.18. The van der Waals surface area contributed by atoms with Gasteiger partial charge in [-0.2, -0.15) is 0 Å². The lowest BCUT2D eigenvalue weighted by molar-refractivity contribution is -0.121. The molecule has 1 heterocycles. The van der Waals surface area contributed by atoms with Crippen LogP contribution in [0, 0.1) is 0 Å². The van der Waals surface area contributed by atoms with Crippen LogP contribution in [0.5, 0.6) is 11.5 Å². The van der Waals surface area contributed by atoms with Crippen molar-refractivity contribution in [2.24, 2.45) is 0 Å². The summed E-state index contributed by atoms with van der Waals surface area (Å²) in [4.78, 5) is 14.5. The number of morpholine rings is 1. The van der Waals surface area contributed by atoms with E-state index in [1.165, 1.54) is 0 Å². The molecule has 1 amide bonds. The first-order valence-electron chi connectivity index (χ1n) is 8.58. The standard InChI is InChI=1S/C20H24N2O3/c1-15-14-24-16(2)12-22(15)13-20(23)21-17-7-6-10-19(11-17)25-18-8-4-3-5-9-18/h3-11,15-16H,12-14H2,1-2H3,(H,21,23).